The second-order valence-electron chi connectivity index (χ2n) is 4.92. The molecule has 1 aromatic rings. The maximum atomic E-state index is 12.1. The van der Waals surface area contributed by atoms with Crippen molar-refractivity contribution >= 4 is 5.91 Å². The summed E-state index contributed by atoms with van der Waals surface area (Å²) < 4.78 is 0. The summed E-state index contributed by atoms with van der Waals surface area (Å²) in [5, 5.41) is 0. The topological polar surface area (TPSA) is 59.2 Å². The van der Waals surface area contributed by atoms with Gasteiger partial charge in [-0.2, -0.15) is 0 Å². The average Bonchev–Trinajstić information content (AvgIpc) is 2.34. The van der Waals surface area contributed by atoms with E-state index < -0.39 is 0 Å². The highest BCUT2D eigenvalue weighted by Gasteiger charge is 2.14. The summed E-state index contributed by atoms with van der Waals surface area (Å²) in [5.74, 6) is 0.578. The molecule has 0 radical (unpaired) electrons. The van der Waals surface area contributed by atoms with E-state index in [0.717, 1.165) is 18.5 Å². The number of aromatic nitrogens is 1. The van der Waals surface area contributed by atoms with Crippen molar-refractivity contribution in [3.05, 3.63) is 30.1 Å². The lowest BCUT2D eigenvalue weighted by Crippen LogP contribution is -2.33. The molecule has 0 aliphatic carbocycles. The lowest BCUT2D eigenvalue weighted by molar-refractivity contribution is -0.132. The first-order valence-corrected chi connectivity index (χ1v) is 6.50. The zero-order valence-corrected chi connectivity index (χ0v) is 11.3. The summed E-state index contributed by atoms with van der Waals surface area (Å²) in [7, 11) is 0. The molecule has 0 spiro atoms. The first-order chi connectivity index (χ1) is 8.63. The molecule has 1 amide bonds. The molecule has 0 aliphatic heterocycles. The van der Waals surface area contributed by atoms with Gasteiger partial charge in [0, 0.05) is 31.9 Å². The van der Waals surface area contributed by atoms with Crippen molar-refractivity contribution in [3.63, 3.8) is 0 Å². The van der Waals surface area contributed by atoms with E-state index in [2.05, 4.69) is 18.8 Å². The molecular formula is C14H23N3O. The third-order valence-corrected chi connectivity index (χ3v) is 2.66. The van der Waals surface area contributed by atoms with Crippen LogP contribution in [0, 0.1) is 5.92 Å². The molecule has 4 nitrogen and oxygen atoms in total. The Hall–Kier alpha value is -1.42. The van der Waals surface area contributed by atoms with Crippen LogP contribution >= 0.6 is 0 Å². The Morgan fingerprint density at radius 1 is 1.50 bits per heavy atom. The zero-order chi connectivity index (χ0) is 13.4. The highest BCUT2D eigenvalue weighted by molar-refractivity contribution is 5.76. The number of hydrogen-bond donors (Lipinski definition) is 1. The van der Waals surface area contributed by atoms with E-state index in [9.17, 15) is 4.79 Å². The molecule has 1 aromatic heterocycles. The van der Waals surface area contributed by atoms with Gasteiger partial charge in [0.2, 0.25) is 5.91 Å². The molecule has 1 heterocycles. The maximum Gasteiger partial charge on any atom is 0.223 e. The fraction of sp³-hybridized carbons (Fsp3) is 0.571. The standard InChI is InChI=1S/C14H23N3O/c1-12(2)9-14(18)17(8-4-6-15)11-13-5-3-7-16-10-13/h3,5,7,10,12H,4,6,8-9,11,15H2,1-2H3. The molecule has 0 saturated heterocycles. The van der Waals surface area contributed by atoms with Crippen LogP contribution in [0.2, 0.25) is 0 Å². The zero-order valence-electron chi connectivity index (χ0n) is 11.3. The number of nitrogens with two attached hydrogens (primary N) is 1. The van der Waals surface area contributed by atoms with Crippen LogP contribution in [-0.4, -0.2) is 28.9 Å². The molecule has 0 unspecified atom stereocenters. The number of amides is 1. The van der Waals surface area contributed by atoms with Crippen LogP contribution in [0.5, 0.6) is 0 Å². The van der Waals surface area contributed by atoms with Crippen LogP contribution in [0.3, 0.4) is 0 Å². The maximum absolute atomic E-state index is 12.1. The van der Waals surface area contributed by atoms with Crippen molar-refractivity contribution < 1.29 is 4.79 Å². The van der Waals surface area contributed by atoms with Gasteiger partial charge in [0.1, 0.15) is 0 Å². The minimum Gasteiger partial charge on any atom is -0.338 e. The Kier molecular flexibility index (Phi) is 6.36. The Balaban J connectivity index is 2.63. The number of pyridine rings is 1. The third-order valence-electron chi connectivity index (χ3n) is 2.66. The van der Waals surface area contributed by atoms with E-state index in [1.54, 1.807) is 12.4 Å². The van der Waals surface area contributed by atoms with E-state index in [1.807, 2.05) is 17.0 Å². The lowest BCUT2D eigenvalue weighted by atomic mass is 10.1. The number of rotatable bonds is 7. The van der Waals surface area contributed by atoms with Gasteiger partial charge in [-0.05, 0) is 30.5 Å². The van der Waals surface area contributed by atoms with Crippen LogP contribution in [0.4, 0.5) is 0 Å². The van der Waals surface area contributed by atoms with E-state index in [0.29, 0.717) is 25.4 Å². The molecule has 0 aliphatic rings. The minimum atomic E-state index is 0.197. The smallest absolute Gasteiger partial charge is 0.223 e. The first-order valence-electron chi connectivity index (χ1n) is 6.50. The van der Waals surface area contributed by atoms with Gasteiger partial charge in [-0.3, -0.25) is 9.78 Å². The second kappa shape index (κ2) is 7.82. The molecular weight excluding hydrogens is 226 g/mol. The highest BCUT2D eigenvalue weighted by atomic mass is 16.2. The summed E-state index contributed by atoms with van der Waals surface area (Å²) in [4.78, 5) is 18.1. The molecule has 0 bridgehead atoms. The Labute approximate surface area is 109 Å². The molecule has 100 valence electrons. The number of carbonyl (C=O) groups is 1. The van der Waals surface area contributed by atoms with Crippen molar-refractivity contribution in [1.82, 2.24) is 9.88 Å². The van der Waals surface area contributed by atoms with Gasteiger partial charge in [0.05, 0.1) is 0 Å². The van der Waals surface area contributed by atoms with Gasteiger partial charge < -0.3 is 10.6 Å². The van der Waals surface area contributed by atoms with Crippen LogP contribution in [0.15, 0.2) is 24.5 Å². The van der Waals surface area contributed by atoms with Crippen molar-refractivity contribution in [2.45, 2.75) is 33.2 Å². The van der Waals surface area contributed by atoms with E-state index >= 15 is 0 Å². The van der Waals surface area contributed by atoms with Crippen LogP contribution in [-0.2, 0) is 11.3 Å². The van der Waals surface area contributed by atoms with E-state index in [-0.39, 0.29) is 5.91 Å². The second-order valence-corrected chi connectivity index (χ2v) is 4.92. The average molecular weight is 249 g/mol. The molecule has 1 rings (SSSR count). The van der Waals surface area contributed by atoms with Gasteiger partial charge >= 0.3 is 0 Å². The summed E-state index contributed by atoms with van der Waals surface area (Å²) in [6.45, 7) is 6.07. The molecule has 4 heteroatoms. The van der Waals surface area contributed by atoms with Gasteiger partial charge in [0.25, 0.3) is 0 Å². The fourth-order valence-electron chi connectivity index (χ4n) is 1.76. The highest BCUT2D eigenvalue weighted by Crippen LogP contribution is 2.09. The van der Waals surface area contributed by atoms with E-state index in [1.165, 1.54) is 0 Å². The Morgan fingerprint density at radius 2 is 2.28 bits per heavy atom. The van der Waals surface area contributed by atoms with Crippen LogP contribution in [0.25, 0.3) is 0 Å². The quantitative estimate of drug-likeness (QED) is 0.801. The Bertz CT molecular complexity index is 351. The van der Waals surface area contributed by atoms with Crippen LogP contribution < -0.4 is 5.73 Å². The van der Waals surface area contributed by atoms with Gasteiger partial charge in [0.15, 0.2) is 0 Å². The summed E-state index contributed by atoms with van der Waals surface area (Å²) in [6.07, 6.45) is 4.97. The number of nitrogens with zero attached hydrogens (tertiary/aromatic N) is 2. The predicted molar refractivity (Wildman–Crippen MR) is 72.8 cm³/mol. The predicted octanol–water partition coefficient (Wildman–Crippen LogP) is 1.81. The van der Waals surface area contributed by atoms with Crippen molar-refractivity contribution in [2.75, 3.05) is 13.1 Å². The fourth-order valence-corrected chi connectivity index (χ4v) is 1.76. The Morgan fingerprint density at radius 3 is 2.83 bits per heavy atom. The minimum absolute atomic E-state index is 0.197. The third kappa shape index (κ3) is 5.27. The van der Waals surface area contributed by atoms with E-state index in [4.69, 9.17) is 5.73 Å². The van der Waals surface area contributed by atoms with Crippen molar-refractivity contribution in [2.24, 2.45) is 11.7 Å². The van der Waals surface area contributed by atoms with Crippen LogP contribution in [0.1, 0.15) is 32.3 Å². The normalized spacial score (nSPS) is 10.7. The molecule has 18 heavy (non-hydrogen) atoms. The molecule has 0 atom stereocenters. The molecule has 0 aromatic carbocycles. The molecule has 0 fully saturated rings. The van der Waals surface area contributed by atoms with Crippen molar-refractivity contribution in [1.29, 1.82) is 0 Å². The first kappa shape index (κ1) is 14.6. The number of carbonyl (C=O) groups excluding carboxylic acids is 1. The van der Waals surface area contributed by atoms with Gasteiger partial charge in [-0.1, -0.05) is 19.9 Å². The van der Waals surface area contributed by atoms with Crippen molar-refractivity contribution in [3.8, 4) is 0 Å². The summed E-state index contributed by atoms with van der Waals surface area (Å²) in [5.41, 5.74) is 6.58. The summed E-state index contributed by atoms with van der Waals surface area (Å²) in [6, 6.07) is 3.88. The molecule has 0 saturated carbocycles. The van der Waals surface area contributed by atoms with Gasteiger partial charge in [-0.15, -0.1) is 0 Å². The lowest BCUT2D eigenvalue weighted by Gasteiger charge is -2.23. The summed E-state index contributed by atoms with van der Waals surface area (Å²) >= 11 is 0. The SMILES string of the molecule is CC(C)CC(=O)N(CCCN)Cc1cccnc1. The largest absolute Gasteiger partial charge is 0.338 e. The molecule has 2 N–H and O–H groups in total. The monoisotopic (exact) mass is 249 g/mol. The number of hydrogen-bond acceptors (Lipinski definition) is 3. The van der Waals surface area contributed by atoms with Gasteiger partial charge in [-0.25, -0.2) is 0 Å².